The number of rotatable bonds is 14. The van der Waals surface area contributed by atoms with E-state index < -0.39 is 0 Å². The Bertz CT molecular complexity index is 190. The molecular formula is C17H34O2. The van der Waals surface area contributed by atoms with Gasteiger partial charge >= 0.3 is 0 Å². The standard InChI is InChI=1S/C17H34O2/c1-3-5-6-7-8-9-10-11-13-16(12-4-2)18-14-17-15-19-17/h16-17H,3-15H2,1-2H3. The Morgan fingerprint density at radius 2 is 1.53 bits per heavy atom. The third kappa shape index (κ3) is 10.4. The van der Waals surface area contributed by atoms with Crippen LogP contribution in [-0.4, -0.2) is 25.4 Å². The van der Waals surface area contributed by atoms with E-state index in [1.807, 2.05) is 0 Å². The first-order valence-corrected chi connectivity index (χ1v) is 8.60. The summed E-state index contributed by atoms with van der Waals surface area (Å²) in [5.41, 5.74) is 0. The summed E-state index contributed by atoms with van der Waals surface area (Å²) in [5.74, 6) is 0. The maximum absolute atomic E-state index is 5.94. The lowest BCUT2D eigenvalue weighted by Crippen LogP contribution is -2.16. The van der Waals surface area contributed by atoms with Crippen LogP contribution in [0.1, 0.15) is 84.5 Å². The first kappa shape index (κ1) is 17.0. The third-order valence-corrected chi connectivity index (χ3v) is 3.91. The zero-order valence-electron chi connectivity index (χ0n) is 13.2. The molecule has 1 rings (SSSR count). The van der Waals surface area contributed by atoms with Crippen molar-refractivity contribution in [3.05, 3.63) is 0 Å². The first-order chi connectivity index (χ1) is 9.36. The molecule has 114 valence electrons. The van der Waals surface area contributed by atoms with Crippen LogP contribution in [0.2, 0.25) is 0 Å². The van der Waals surface area contributed by atoms with E-state index in [-0.39, 0.29) is 0 Å². The lowest BCUT2D eigenvalue weighted by molar-refractivity contribution is 0.0300. The van der Waals surface area contributed by atoms with Gasteiger partial charge in [-0.1, -0.05) is 71.6 Å². The van der Waals surface area contributed by atoms with Crippen molar-refractivity contribution in [3.8, 4) is 0 Å². The summed E-state index contributed by atoms with van der Waals surface area (Å²) in [6.45, 7) is 6.26. The molecule has 0 radical (unpaired) electrons. The second-order valence-corrected chi connectivity index (χ2v) is 5.96. The monoisotopic (exact) mass is 270 g/mol. The summed E-state index contributed by atoms with van der Waals surface area (Å²) < 4.78 is 11.1. The fourth-order valence-corrected chi connectivity index (χ4v) is 2.55. The van der Waals surface area contributed by atoms with Crippen LogP contribution in [0.4, 0.5) is 0 Å². The van der Waals surface area contributed by atoms with Gasteiger partial charge in [0.1, 0.15) is 6.10 Å². The minimum atomic E-state index is 0.415. The summed E-state index contributed by atoms with van der Waals surface area (Å²) in [6.07, 6.45) is 15.8. The van der Waals surface area contributed by atoms with E-state index in [1.165, 1.54) is 70.6 Å². The molecule has 2 heteroatoms. The molecule has 0 saturated carbocycles. The Balaban J connectivity index is 1.88. The molecule has 1 aliphatic rings. The van der Waals surface area contributed by atoms with E-state index in [9.17, 15) is 0 Å². The molecule has 0 aromatic carbocycles. The molecule has 2 nitrogen and oxygen atoms in total. The van der Waals surface area contributed by atoms with Crippen LogP contribution in [0.15, 0.2) is 0 Å². The van der Waals surface area contributed by atoms with Crippen molar-refractivity contribution in [1.82, 2.24) is 0 Å². The summed E-state index contributed by atoms with van der Waals surface area (Å²) in [4.78, 5) is 0. The fraction of sp³-hybridized carbons (Fsp3) is 1.00. The molecule has 0 aromatic rings. The van der Waals surface area contributed by atoms with Gasteiger partial charge in [-0.25, -0.2) is 0 Å². The molecule has 2 unspecified atom stereocenters. The van der Waals surface area contributed by atoms with E-state index >= 15 is 0 Å². The molecule has 1 fully saturated rings. The van der Waals surface area contributed by atoms with Crippen molar-refractivity contribution < 1.29 is 9.47 Å². The Morgan fingerprint density at radius 1 is 0.895 bits per heavy atom. The van der Waals surface area contributed by atoms with Crippen LogP contribution in [0.25, 0.3) is 0 Å². The maximum atomic E-state index is 5.94. The number of epoxide rings is 1. The molecule has 0 N–H and O–H groups in total. The highest BCUT2D eigenvalue weighted by Crippen LogP contribution is 2.17. The van der Waals surface area contributed by atoms with Gasteiger partial charge in [0.25, 0.3) is 0 Å². The van der Waals surface area contributed by atoms with Gasteiger partial charge < -0.3 is 9.47 Å². The van der Waals surface area contributed by atoms with Gasteiger partial charge in [-0.2, -0.15) is 0 Å². The molecule has 0 spiro atoms. The van der Waals surface area contributed by atoms with E-state index in [4.69, 9.17) is 9.47 Å². The van der Waals surface area contributed by atoms with Crippen molar-refractivity contribution in [1.29, 1.82) is 0 Å². The van der Waals surface area contributed by atoms with Crippen LogP contribution in [0, 0.1) is 0 Å². The van der Waals surface area contributed by atoms with Crippen molar-refractivity contribution >= 4 is 0 Å². The Labute approximate surface area is 120 Å². The largest absolute Gasteiger partial charge is 0.375 e. The van der Waals surface area contributed by atoms with Crippen molar-refractivity contribution in [2.45, 2.75) is 96.7 Å². The van der Waals surface area contributed by atoms with Crippen molar-refractivity contribution in [3.63, 3.8) is 0 Å². The van der Waals surface area contributed by atoms with Gasteiger partial charge in [0.2, 0.25) is 0 Å². The van der Waals surface area contributed by atoms with Gasteiger partial charge in [0.15, 0.2) is 0 Å². The van der Waals surface area contributed by atoms with Gasteiger partial charge in [-0.05, 0) is 12.8 Å². The van der Waals surface area contributed by atoms with Crippen LogP contribution in [0.3, 0.4) is 0 Å². The number of hydrogen-bond acceptors (Lipinski definition) is 2. The summed E-state index contributed by atoms with van der Waals surface area (Å²) >= 11 is 0. The molecule has 1 saturated heterocycles. The highest BCUT2D eigenvalue weighted by atomic mass is 16.6. The van der Waals surface area contributed by atoms with E-state index in [0.29, 0.717) is 12.2 Å². The van der Waals surface area contributed by atoms with E-state index in [2.05, 4.69) is 13.8 Å². The predicted molar refractivity (Wildman–Crippen MR) is 81.6 cm³/mol. The topological polar surface area (TPSA) is 21.8 Å². The zero-order chi connectivity index (χ0) is 13.8. The first-order valence-electron chi connectivity index (χ1n) is 8.60. The summed E-state index contributed by atoms with van der Waals surface area (Å²) in [6, 6.07) is 0. The SMILES string of the molecule is CCCCCCCCCCC(CCC)OCC1CO1. The minimum Gasteiger partial charge on any atom is -0.375 e. The lowest BCUT2D eigenvalue weighted by Gasteiger charge is -2.16. The van der Waals surface area contributed by atoms with Gasteiger partial charge in [0, 0.05) is 0 Å². The summed E-state index contributed by atoms with van der Waals surface area (Å²) in [7, 11) is 0. The predicted octanol–water partition coefficient (Wildman–Crippen LogP) is 5.10. The minimum absolute atomic E-state index is 0.415. The number of unbranched alkanes of at least 4 members (excludes halogenated alkanes) is 7. The summed E-state index contributed by atoms with van der Waals surface area (Å²) in [5, 5.41) is 0. The van der Waals surface area contributed by atoms with E-state index in [1.54, 1.807) is 0 Å². The molecule has 0 amide bonds. The average molecular weight is 270 g/mol. The van der Waals surface area contributed by atoms with Crippen LogP contribution < -0.4 is 0 Å². The van der Waals surface area contributed by atoms with Crippen molar-refractivity contribution in [2.75, 3.05) is 13.2 Å². The Morgan fingerprint density at radius 3 is 2.11 bits per heavy atom. The Kier molecular flexibility index (Phi) is 10.5. The Hall–Kier alpha value is -0.0800. The smallest absolute Gasteiger partial charge is 0.104 e. The average Bonchev–Trinajstić information content (AvgIpc) is 3.23. The molecule has 2 atom stereocenters. The molecule has 0 aromatic heterocycles. The molecular weight excluding hydrogens is 236 g/mol. The quantitative estimate of drug-likeness (QED) is 0.323. The number of ether oxygens (including phenoxy) is 2. The van der Waals surface area contributed by atoms with E-state index in [0.717, 1.165) is 13.2 Å². The van der Waals surface area contributed by atoms with Crippen LogP contribution in [-0.2, 0) is 9.47 Å². The highest BCUT2D eigenvalue weighted by molar-refractivity contribution is 4.69. The zero-order valence-corrected chi connectivity index (χ0v) is 13.2. The normalized spacial score (nSPS) is 19.6. The lowest BCUT2D eigenvalue weighted by atomic mass is 10.0. The van der Waals surface area contributed by atoms with Crippen molar-refractivity contribution in [2.24, 2.45) is 0 Å². The second kappa shape index (κ2) is 11.7. The number of hydrogen-bond donors (Lipinski definition) is 0. The van der Waals surface area contributed by atoms with Gasteiger partial charge in [-0.15, -0.1) is 0 Å². The fourth-order valence-electron chi connectivity index (χ4n) is 2.55. The second-order valence-electron chi connectivity index (χ2n) is 5.96. The molecule has 19 heavy (non-hydrogen) atoms. The van der Waals surface area contributed by atoms with Gasteiger partial charge in [-0.3, -0.25) is 0 Å². The maximum Gasteiger partial charge on any atom is 0.104 e. The molecule has 1 aliphatic heterocycles. The van der Waals surface area contributed by atoms with Crippen LogP contribution >= 0.6 is 0 Å². The van der Waals surface area contributed by atoms with Gasteiger partial charge in [0.05, 0.1) is 19.3 Å². The van der Waals surface area contributed by atoms with Crippen LogP contribution in [0.5, 0.6) is 0 Å². The molecule has 0 bridgehead atoms. The third-order valence-electron chi connectivity index (χ3n) is 3.91. The highest BCUT2D eigenvalue weighted by Gasteiger charge is 2.23. The molecule has 1 heterocycles. The molecule has 0 aliphatic carbocycles.